The SMILES string of the molecule is CN(CC(C)(C)O)c1c(F)c(F)c(F)c(F)c1F. The van der Waals surface area contributed by atoms with Crippen molar-refractivity contribution in [2.45, 2.75) is 19.4 Å². The van der Waals surface area contributed by atoms with Crippen molar-refractivity contribution < 1.29 is 27.1 Å². The Hall–Kier alpha value is -1.37. The minimum absolute atomic E-state index is 0.300. The molecule has 0 bridgehead atoms. The first-order valence-corrected chi connectivity index (χ1v) is 5.01. The van der Waals surface area contributed by atoms with Gasteiger partial charge in [0.1, 0.15) is 5.69 Å². The maximum atomic E-state index is 13.4. The molecule has 0 aromatic heterocycles. The smallest absolute Gasteiger partial charge is 0.200 e. The second kappa shape index (κ2) is 4.72. The van der Waals surface area contributed by atoms with E-state index in [0.717, 1.165) is 11.9 Å². The molecule has 102 valence electrons. The van der Waals surface area contributed by atoms with E-state index in [1.165, 1.54) is 13.8 Å². The van der Waals surface area contributed by atoms with Gasteiger partial charge in [0.05, 0.1) is 5.60 Å². The lowest BCUT2D eigenvalue weighted by molar-refractivity contribution is 0.0882. The molecule has 0 saturated carbocycles. The summed E-state index contributed by atoms with van der Waals surface area (Å²) < 4.78 is 65.5. The minimum atomic E-state index is -2.20. The number of rotatable bonds is 3. The molecule has 0 saturated heterocycles. The number of likely N-dealkylation sites (N-methyl/N-ethyl adjacent to an activating group) is 1. The van der Waals surface area contributed by atoms with E-state index in [-0.39, 0.29) is 6.54 Å². The molecule has 0 aliphatic carbocycles. The van der Waals surface area contributed by atoms with Gasteiger partial charge in [-0.3, -0.25) is 0 Å². The van der Waals surface area contributed by atoms with E-state index in [1.54, 1.807) is 0 Å². The highest BCUT2D eigenvalue weighted by molar-refractivity contribution is 5.50. The molecule has 0 amide bonds. The average molecular weight is 269 g/mol. The van der Waals surface area contributed by atoms with Gasteiger partial charge in [-0.15, -0.1) is 0 Å². The van der Waals surface area contributed by atoms with E-state index in [0.29, 0.717) is 0 Å². The van der Waals surface area contributed by atoms with Crippen molar-refractivity contribution in [3.05, 3.63) is 29.1 Å². The normalized spacial score (nSPS) is 11.8. The predicted molar refractivity (Wildman–Crippen MR) is 55.8 cm³/mol. The fraction of sp³-hybridized carbons (Fsp3) is 0.455. The molecule has 1 aromatic carbocycles. The zero-order chi connectivity index (χ0) is 14.2. The van der Waals surface area contributed by atoms with E-state index >= 15 is 0 Å². The highest BCUT2D eigenvalue weighted by atomic mass is 19.2. The van der Waals surface area contributed by atoms with Gasteiger partial charge in [0.25, 0.3) is 0 Å². The third-order valence-electron chi connectivity index (χ3n) is 2.19. The van der Waals surface area contributed by atoms with Crippen LogP contribution < -0.4 is 4.90 Å². The predicted octanol–water partition coefficient (Wildman–Crippen LogP) is 2.59. The molecule has 0 radical (unpaired) electrons. The van der Waals surface area contributed by atoms with Gasteiger partial charge in [-0.2, -0.15) is 0 Å². The van der Waals surface area contributed by atoms with Crippen LogP contribution in [0.3, 0.4) is 0 Å². The minimum Gasteiger partial charge on any atom is -0.389 e. The Morgan fingerprint density at radius 2 is 1.22 bits per heavy atom. The summed E-state index contributed by atoms with van der Waals surface area (Å²) >= 11 is 0. The number of nitrogens with zero attached hydrogens (tertiary/aromatic N) is 1. The molecule has 1 N–H and O–H groups in total. The Bertz CT molecular complexity index is 440. The quantitative estimate of drug-likeness (QED) is 0.518. The van der Waals surface area contributed by atoms with Crippen molar-refractivity contribution >= 4 is 5.69 Å². The molecule has 0 fully saturated rings. The van der Waals surface area contributed by atoms with Crippen molar-refractivity contribution in [1.82, 2.24) is 0 Å². The lowest BCUT2D eigenvalue weighted by Crippen LogP contribution is -2.37. The van der Waals surface area contributed by atoms with Crippen LogP contribution in [-0.2, 0) is 0 Å². The average Bonchev–Trinajstić information content (AvgIpc) is 2.21. The second-order valence-corrected chi connectivity index (χ2v) is 4.59. The number of benzene rings is 1. The third kappa shape index (κ3) is 2.72. The summed E-state index contributed by atoms with van der Waals surface area (Å²) in [4.78, 5) is 0.774. The summed E-state index contributed by atoms with van der Waals surface area (Å²) in [6.07, 6.45) is 0. The molecular weight excluding hydrogens is 257 g/mol. The molecule has 18 heavy (non-hydrogen) atoms. The Labute approximate surface area is 101 Å². The van der Waals surface area contributed by atoms with Gasteiger partial charge in [0, 0.05) is 13.6 Å². The highest BCUT2D eigenvalue weighted by Crippen LogP contribution is 2.30. The fourth-order valence-electron chi connectivity index (χ4n) is 1.59. The summed E-state index contributed by atoms with van der Waals surface area (Å²) in [7, 11) is 1.12. The zero-order valence-corrected chi connectivity index (χ0v) is 9.99. The van der Waals surface area contributed by atoms with Crippen LogP contribution in [0.15, 0.2) is 0 Å². The largest absolute Gasteiger partial charge is 0.389 e. The van der Waals surface area contributed by atoms with E-state index in [2.05, 4.69) is 0 Å². The highest BCUT2D eigenvalue weighted by Gasteiger charge is 2.29. The number of hydrogen-bond donors (Lipinski definition) is 1. The molecule has 0 spiro atoms. The molecule has 0 aliphatic heterocycles. The Kier molecular flexibility index (Phi) is 3.85. The molecule has 0 atom stereocenters. The molecular formula is C11H12F5NO. The molecule has 1 aromatic rings. The van der Waals surface area contributed by atoms with E-state index in [1.807, 2.05) is 0 Å². The van der Waals surface area contributed by atoms with Gasteiger partial charge in [-0.25, -0.2) is 22.0 Å². The van der Waals surface area contributed by atoms with E-state index < -0.39 is 40.4 Å². The van der Waals surface area contributed by atoms with Gasteiger partial charge in [0.2, 0.25) is 5.82 Å². The maximum absolute atomic E-state index is 13.4. The Balaban J connectivity index is 3.33. The number of anilines is 1. The Morgan fingerprint density at radius 1 is 0.889 bits per heavy atom. The van der Waals surface area contributed by atoms with Crippen molar-refractivity contribution in [3.8, 4) is 0 Å². The number of halogens is 5. The fourth-order valence-corrected chi connectivity index (χ4v) is 1.59. The summed E-state index contributed by atoms with van der Waals surface area (Å²) in [6, 6.07) is 0. The molecule has 2 nitrogen and oxygen atoms in total. The van der Waals surface area contributed by atoms with Crippen LogP contribution in [0.25, 0.3) is 0 Å². The zero-order valence-electron chi connectivity index (χ0n) is 9.99. The van der Waals surface area contributed by atoms with Crippen LogP contribution >= 0.6 is 0 Å². The first kappa shape index (κ1) is 14.7. The molecule has 0 aliphatic rings. The van der Waals surface area contributed by atoms with Gasteiger partial charge >= 0.3 is 0 Å². The van der Waals surface area contributed by atoms with Gasteiger partial charge in [-0.05, 0) is 13.8 Å². The molecule has 7 heteroatoms. The summed E-state index contributed by atoms with van der Waals surface area (Å²) in [5, 5.41) is 9.48. The van der Waals surface area contributed by atoms with Crippen LogP contribution in [-0.4, -0.2) is 24.3 Å². The molecule has 1 rings (SSSR count). The lowest BCUT2D eigenvalue weighted by Gasteiger charge is -2.27. The van der Waals surface area contributed by atoms with Crippen LogP contribution in [0, 0.1) is 29.1 Å². The van der Waals surface area contributed by atoms with Gasteiger partial charge in [-0.1, -0.05) is 0 Å². The van der Waals surface area contributed by atoms with Crippen LogP contribution in [0.1, 0.15) is 13.8 Å². The molecule has 0 heterocycles. The summed E-state index contributed by atoms with van der Waals surface area (Å²) in [5.41, 5.74) is -2.41. The van der Waals surface area contributed by atoms with Crippen molar-refractivity contribution in [2.24, 2.45) is 0 Å². The maximum Gasteiger partial charge on any atom is 0.200 e. The van der Waals surface area contributed by atoms with E-state index in [4.69, 9.17) is 0 Å². The second-order valence-electron chi connectivity index (χ2n) is 4.59. The molecule has 0 unspecified atom stereocenters. The van der Waals surface area contributed by atoms with Crippen molar-refractivity contribution in [2.75, 3.05) is 18.5 Å². The first-order valence-electron chi connectivity index (χ1n) is 5.01. The van der Waals surface area contributed by atoms with Gasteiger partial charge < -0.3 is 10.0 Å². The number of aliphatic hydroxyl groups is 1. The summed E-state index contributed by atoms with van der Waals surface area (Å²) in [5.74, 6) is -10.1. The third-order valence-corrected chi connectivity index (χ3v) is 2.19. The van der Waals surface area contributed by atoms with Crippen molar-refractivity contribution in [1.29, 1.82) is 0 Å². The lowest BCUT2D eigenvalue weighted by atomic mass is 10.1. The van der Waals surface area contributed by atoms with E-state index in [9.17, 15) is 27.1 Å². The first-order chi connectivity index (χ1) is 8.06. The summed E-state index contributed by atoms with van der Waals surface area (Å²) in [6.45, 7) is 2.39. The van der Waals surface area contributed by atoms with Gasteiger partial charge in [0.15, 0.2) is 23.3 Å². The topological polar surface area (TPSA) is 23.5 Å². The monoisotopic (exact) mass is 269 g/mol. The van der Waals surface area contributed by atoms with Crippen molar-refractivity contribution in [3.63, 3.8) is 0 Å². The van der Waals surface area contributed by atoms with Crippen LogP contribution in [0.4, 0.5) is 27.6 Å². The Morgan fingerprint density at radius 3 is 1.56 bits per heavy atom. The van der Waals surface area contributed by atoms with Crippen LogP contribution in [0.2, 0.25) is 0 Å². The van der Waals surface area contributed by atoms with Crippen LogP contribution in [0.5, 0.6) is 0 Å². The number of hydrogen-bond acceptors (Lipinski definition) is 2. The standard InChI is InChI=1S/C11H12F5NO/c1-11(2,18)4-17(3)10-8(15)6(13)5(12)7(14)9(10)16/h18H,4H2,1-3H3.